The molecule has 24 heavy (non-hydrogen) atoms. The van der Waals surface area contributed by atoms with Gasteiger partial charge in [-0.2, -0.15) is 0 Å². The summed E-state index contributed by atoms with van der Waals surface area (Å²) in [5.74, 6) is 0.698. The number of thiophene rings is 1. The zero-order chi connectivity index (χ0) is 17.6. The summed E-state index contributed by atoms with van der Waals surface area (Å²) in [7, 11) is 0. The zero-order valence-corrected chi connectivity index (χ0v) is 16.2. The van der Waals surface area contributed by atoms with E-state index in [1.54, 1.807) is 11.3 Å². The summed E-state index contributed by atoms with van der Waals surface area (Å²) in [4.78, 5) is 15.2. The van der Waals surface area contributed by atoms with E-state index in [-0.39, 0.29) is 12.2 Å². The number of carbonyl (C=O) groups excluding carboxylic acids is 1. The van der Waals surface area contributed by atoms with E-state index in [0.29, 0.717) is 5.92 Å². The van der Waals surface area contributed by atoms with Crippen molar-refractivity contribution in [3.8, 4) is 0 Å². The molecule has 0 aliphatic carbocycles. The molecule has 0 N–H and O–H groups in total. The fourth-order valence-corrected chi connectivity index (χ4v) is 3.70. The minimum Gasteiger partial charge on any atom is -0.444 e. The average molecular weight is 354 g/mol. The van der Waals surface area contributed by atoms with Crippen molar-refractivity contribution in [1.29, 1.82) is 0 Å². The van der Waals surface area contributed by atoms with E-state index < -0.39 is 5.60 Å². The number of rotatable bonds is 6. The minimum absolute atomic E-state index is 0.172. The Morgan fingerprint density at radius 2 is 2.08 bits per heavy atom. The Balaban J connectivity index is 1.59. The van der Waals surface area contributed by atoms with Crippen LogP contribution < -0.4 is 0 Å². The highest BCUT2D eigenvalue weighted by molar-refractivity contribution is 7.10. The first-order chi connectivity index (χ1) is 11.3. The maximum Gasteiger partial charge on any atom is 0.410 e. The minimum atomic E-state index is -0.412. The molecule has 1 saturated heterocycles. The summed E-state index contributed by atoms with van der Waals surface area (Å²) in [5.41, 5.74) is -0.412. The smallest absolute Gasteiger partial charge is 0.410 e. The molecular formula is C19H31NO3S. The molecule has 1 aromatic heterocycles. The van der Waals surface area contributed by atoms with Gasteiger partial charge < -0.3 is 14.4 Å². The molecule has 0 saturated carbocycles. The van der Waals surface area contributed by atoms with E-state index in [0.717, 1.165) is 39.0 Å². The molecule has 136 valence electrons. The molecule has 1 fully saturated rings. The molecule has 0 radical (unpaired) electrons. The molecule has 5 heteroatoms. The molecule has 1 aliphatic heterocycles. The number of amides is 1. The normalized spacial score (nSPS) is 17.8. The van der Waals surface area contributed by atoms with Crippen LogP contribution in [0, 0.1) is 5.92 Å². The van der Waals surface area contributed by atoms with E-state index in [9.17, 15) is 4.79 Å². The van der Waals surface area contributed by atoms with Crippen LogP contribution >= 0.6 is 11.3 Å². The number of hydrogen-bond acceptors (Lipinski definition) is 4. The second-order valence-electron chi connectivity index (χ2n) is 7.58. The van der Waals surface area contributed by atoms with Gasteiger partial charge in [0.25, 0.3) is 0 Å². The van der Waals surface area contributed by atoms with E-state index in [4.69, 9.17) is 9.47 Å². The van der Waals surface area contributed by atoms with Gasteiger partial charge in [0.2, 0.25) is 0 Å². The van der Waals surface area contributed by atoms with Gasteiger partial charge in [-0.25, -0.2) is 4.79 Å². The predicted octanol–water partition coefficient (Wildman–Crippen LogP) is 5.25. The Labute approximate surface area is 150 Å². The first-order valence-corrected chi connectivity index (χ1v) is 9.86. The maximum atomic E-state index is 12.1. The highest BCUT2D eigenvalue weighted by atomic mass is 32.1. The molecule has 2 rings (SSSR count). The van der Waals surface area contributed by atoms with Gasteiger partial charge in [0.15, 0.2) is 0 Å². The lowest BCUT2D eigenvalue weighted by Gasteiger charge is -2.33. The highest BCUT2D eigenvalue weighted by Crippen LogP contribution is 2.25. The number of carbonyl (C=O) groups is 1. The van der Waals surface area contributed by atoms with Crippen molar-refractivity contribution in [2.24, 2.45) is 5.92 Å². The van der Waals surface area contributed by atoms with Crippen molar-refractivity contribution in [2.45, 2.75) is 65.1 Å². The largest absolute Gasteiger partial charge is 0.444 e. The molecule has 2 heterocycles. The number of nitrogens with zero attached hydrogens (tertiary/aromatic N) is 1. The van der Waals surface area contributed by atoms with Crippen molar-refractivity contribution in [3.63, 3.8) is 0 Å². The topological polar surface area (TPSA) is 38.8 Å². The first-order valence-electron chi connectivity index (χ1n) is 8.98. The summed E-state index contributed by atoms with van der Waals surface area (Å²) < 4.78 is 11.4. The number of hydrogen-bond donors (Lipinski definition) is 0. The Bertz CT molecular complexity index is 487. The standard InChI is InChI=1S/C19H31NO3S/c1-15(17-8-6-14-24-17)22-13-5-7-16-9-11-20(12-10-16)18(21)23-19(2,3)4/h6,8,14-16H,5,7,9-13H2,1-4H3/t15-/m1/s1. The Kier molecular flexibility index (Phi) is 7.11. The van der Waals surface area contributed by atoms with E-state index in [2.05, 4.69) is 24.4 Å². The molecule has 1 atom stereocenters. The average Bonchev–Trinajstić information content (AvgIpc) is 3.04. The predicted molar refractivity (Wildman–Crippen MR) is 98.5 cm³/mol. The van der Waals surface area contributed by atoms with Gasteiger partial charge in [-0.15, -0.1) is 11.3 Å². The highest BCUT2D eigenvalue weighted by Gasteiger charge is 2.26. The summed E-state index contributed by atoms with van der Waals surface area (Å²) in [6.45, 7) is 10.3. The number of likely N-dealkylation sites (tertiary alicyclic amines) is 1. The lowest BCUT2D eigenvalue weighted by molar-refractivity contribution is 0.0170. The summed E-state index contributed by atoms with van der Waals surface area (Å²) >= 11 is 1.75. The number of ether oxygens (including phenoxy) is 2. The summed E-state index contributed by atoms with van der Waals surface area (Å²) in [6.07, 6.45) is 4.43. The van der Waals surface area contributed by atoms with Crippen LogP contribution in [0.5, 0.6) is 0 Å². The van der Waals surface area contributed by atoms with Crippen LogP contribution in [-0.4, -0.2) is 36.3 Å². The zero-order valence-electron chi connectivity index (χ0n) is 15.4. The van der Waals surface area contributed by atoms with Gasteiger partial charge in [0.05, 0.1) is 6.10 Å². The molecular weight excluding hydrogens is 322 g/mol. The molecule has 0 bridgehead atoms. The lowest BCUT2D eigenvalue weighted by Crippen LogP contribution is -2.41. The SMILES string of the molecule is C[C@@H](OCCCC1CCN(C(=O)OC(C)(C)C)CC1)c1cccs1. The fraction of sp³-hybridized carbons (Fsp3) is 0.737. The van der Waals surface area contributed by atoms with Crippen molar-refractivity contribution in [3.05, 3.63) is 22.4 Å². The van der Waals surface area contributed by atoms with Crippen molar-refractivity contribution in [1.82, 2.24) is 4.90 Å². The molecule has 1 amide bonds. The fourth-order valence-electron chi connectivity index (χ4n) is 2.97. The molecule has 0 aromatic carbocycles. The van der Waals surface area contributed by atoms with Crippen molar-refractivity contribution < 1.29 is 14.3 Å². The monoisotopic (exact) mass is 353 g/mol. The molecule has 1 aromatic rings. The maximum absolute atomic E-state index is 12.1. The van der Waals surface area contributed by atoms with Crippen LogP contribution in [0.4, 0.5) is 4.79 Å². The van der Waals surface area contributed by atoms with Crippen LogP contribution in [0.2, 0.25) is 0 Å². The van der Waals surface area contributed by atoms with Crippen molar-refractivity contribution in [2.75, 3.05) is 19.7 Å². The van der Waals surface area contributed by atoms with Gasteiger partial charge in [-0.1, -0.05) is 6.07 Å². The Morgan fingerprint density at radius 1 is 1.38 bits per heavy atom. The first kappa shape index (κ1) is 19.3. The van der Waals surface area contributed by atoms with Crippen LogP contribution in [-0.2, 0) is 9.47 Å². The van der Waals surface area contributed by atoms with E-state index in [1.165, 1.54) is 11.3 Å². The third-order valence-electron chi connectivity index (χ3n) is 4.33. The van der Waals surface area contributed by atoms with Crippen molar-refractivity contribution >= 4 is 17.4 Å². The van der Waals surface area contributed by atoms with Gasteiger partial charge in [0.1, 0.15) is 5.60 Å². The third kappa shape index (κ3) is 6.44. The Morgan fingerprint density at radius 3 is 2.67 bits per heavy atom. The third-order valence-corrected chi connectivity index (χ3v) is 5.37. The van der Waals surface area contributed by atoms with Crippen LogP contribution in [0.25, 0.3) is 0 Å². The van der Waals surface area contributed by atoms with Gasteiger partial charge >= 0.3 is 6.09 Å². The van der Waals surface area contributed by atoms with E-state index >= 15 is 0 Å². The molecule has 1 aliphatic rings. The quantitative estimate of drug-likeness (QED) is 0.655. The second-order valence-corrected chi connectivity index (χ2v) is 8.56. The Hall–Kier alpha value is -1.07. The molecule has 0 spiro atoms. The van der Waals surface area contributed by atoms with Gasteiger partial charge in [-0.3, -0.25) is 0 Å². The number of piperidine rings is 1. The van der Waals surface area contributed by atoms with Gasteiger partial charge in [-0.05, 0) is 70.7 Å². The van der Waals surface area contributed by atoms with Crippen LogP contribution in [0.3, 0.4) is 0 Å². The molecule has 4 nitrogen and oxygen atoms in total. The van der Waals surface area contributed by atoms with E-state index in [1.807, 2.05) is 25.7 Å². The van der Waals surface area contributed by atoms with Crippen LogP contribution in [0.15, 0.2) is 17.5 Å². The molecule has 0 unspecified atom stereocenters. The summed E-state index contributed by atoms with van der Waals surface area (Å²) in [5, 5.41) is 2.09. The van der Waals surface area contributed by atoms with Gasteiger partial charge in [0, 0.05) is 24.6 Å². The summed E-state index contributed by atoms with van der Waals surface area (Å²) in [6, 6.07) is 4.19. The van der Waals surface area contributed by atoms with Crippen LogP contribution in [0.1, 0.15) is 64.4 Å². The second kappa shape index (κ2) is 8.86. The lowest BCUT2D eigenvalue weighted by atomic mass is 9.92.